The lowest BCUT2D eigenvalue weighted by molar-refractivity contribution is -0.133. The monoisotopic (exact) mass is 282 g/mol. The molecule has 1 saturated heterocycles. The molecule has 1 fully saturated rings. The van der Waals surface area contributed by atoms with E-state index in [4.69, 9.17) is 0 Å². The van der Waals surface area contributed by atoms with E-state index in [0.29, 0.717) is 17.1 Å². The van der Waals surface area contributed by atoms with Crippen LogP contribution in [0.25, 0.3) is 0 Å². The fraction of sp³-hybridized carbons (Fsp3) is 0.500. The Morgan fingerprint density at radius 1 is 1.53 bits per heavy atom. The Bertz CT molecular complexity index is 441. The molecule has 3 nitrogen and oxygen atoms in total. The SMILES string of the molecule is C[C@@H]1CNCCN1C(=O)CCSc1ccccc1F. The molecule has 0 bridgehead atoms. The zero-order valence-electron chi connectivity index (χ0n) is 11.1. The van der Waals surface area contributed by atoms with E-state index < -0.39 is 0 Å². The van der Waals surface area contributed by atoms with Gasteiger partial charge in [-0.15, -0.1) is 11.8 Å². The first-order valence-corrected chi connectivity index (χ1v) is 7.54. The van der Waals surface area contributed by atoms with Crippen molar-refractivity contribution < 1.29 is 9.18 Å². The number of carbonyl (C=O) groups is 1. The number of carbonyl (C=O) groups excluding carboxylic acids is 1. The Morgan fingerprint density at radius 3 is 3.05 bits per heavy atom. The molecule has 19 heavy (non-hydrogen) atoms. The highest BCUT2D eigenvalue weighted by molar-refractivity contribution is 7.99. The molecule has 0 unspecified atom stereocenters. The van der Waals surface area contributed by atoms with Gasteiger partial charge in [0.1, 0.15) is 5.82 Å². The summed E-state index contributed by atoms with van der Waals surface area (Å²) >= 11 is 1.40. The summed E-state index contributed by atoms with van der Waals surface area (Å²) in [7, 11) is 0. The number of benzene rings is 1. The smallest absolute Gasteiger partial charge is 0.223 e. The van der Waals surface area contributed by atoms with Crippen LogP contribution in [0.3, 0.4) is 0 Å². The van der Waals surface area contributed by atoms with Crippen LogP contribution in [0.1, 0.15) is 13.3 Å². The highest BCUT2D eigenvalue weighted by atomic mass is 32.2. The number of hydrogen-bond donors (Lipinski definition) is 1. The molecule has 1 amide bonds. The molecule has 0 saturated carbocycles. The molecule has 1 heterocycles. The average Bonchev–Trinajstić information content (AvgIpc) is 2.41. The number of nitrogens with one attached hydrogen (secondary N) is 1. The van der Waals surface area contributed by atoms with Crippen LogP contribution in [0.5, 0.6) is 0 Å². The summed E-state index contributed by atoms with van der Waals surface area (Å²) in [5, 5.41) is 3.26. The molecule has 1 aliphatic rings. The summed E-state index contributed by atoms with van der Waals surface area (Å²) in [6.07, 6.45) is 0.462. The molecule has 1 N–H and O–H groups in total. The minimum absolute atomic E-state index is 0.165. The van der Waals surface area contributed by atoms with Crippen molar-refractivity contribution in [1.29, 1.82) is 0 Å². The van der Waals surface area contributed by atoms with Crippen molar-refractivity contribution in [1.82, 2.24) is 10.2 Å². The van der Waals surface area contributed by atoms with Crippen LogP contribution >= 0.6 is 11.8 Å². The van der Waals surface area contributed by atoms with Crippen molar-refractivity contribution in [3.63, 3.8) is 0 Å². The summed E-state index contributed by atoms with van der Waals surface area (Å²) in [5.74, 6) is 0.574. The van der Waals surface area contributed by atoms with E-state index in [-0.39, 0.29) is 17.8 Å². The maximum Gasteiger partial charge on any atom is 0.223 e. The van der Waals surface area contributed by atoms with Crippen LogP contribution in [0.4, 0.5) is 4.39 Å². The van der Waals surface area contributed by atoms with Crippen molar-refractivity contribution in [2.45, 2.75) is 24.3 Å². The summed E-state index contributed by atoms with van der Waals surface area (Å²) in [6.45, 7) is 4.53. The first-order chi connectivity index (χ1) is 9.18. The Morgan fingerprint density at radius 2 is 2.32 bits per heavy atom. The molecule has 0 aromatic heterocycles. The van der Waals surface area contributed by atoms with Gasteiger partial charge in [0.2, 0.25) is 5.91 Å². The fourth-order valence-electron chi connectivity index (χ4n) is 2.17. The summed E-state index contributed by atoms with van der Waals surface area (Å²) < 4.78 is 13.4. The quantitative estimate of drug-likeness (QED) is 0.859. The third-order valence-corrected chi connectivity index (χ3v) is 4.28. The Kier molecular flexibility index (Phi) is 5.22. The van der Waals surface area contributed by atoms with Gasteiger partial charge < -0.3 is 10.2 Å². The predicted octanol–water partition coefficient (Wildman–Crippen LogP) is 2.13. The average molecular weight is 282 g/mol. The van der Waals surface area contributed by atoms with Gasteiger partial charge in [-0.05, 0) is 19.1 Å². The number of piperazine rings is 1. The largest absolute Gasteiger partial charge is 0.337 e. The first kappa shape index (κ1) is 14.3. The predicted molar refractivity (Wildman–Crippen MR) is 75.8 cm³/mol. The highest BCUT2D eigenvalue weighted by Gasteiger charge is 2.22. The number of amides is 1. The summed E-state index contributed by atoms with van der Waals surface area (Å²) in [5.41, 5.74) is 0. The fourth-order valence-corrected chi connectivity index (χ4v) is 3.04. The highest BCUT2D eigenvalue weighted by Crippen LogP contribution is 2.22. The van der Waals surface area contributed by atoms with Gasteiger partial charge in [-0.3, -0.25) is 4.79 Å². The van der Waals surface area contributed by atoms with Gasteiger partial charge in [-0.2, -0.15) is 0 Å². The maximum absolute atomic E-state index is 13.4. The van der Waals surface area contributed by atoms with Gasteiger partial charge in [0, 0.05) is 42.7 Å². The minimum Gasteiger partial charge on any atom is -0.337 e. The Hall–Kier alpha value is -1.07. The van der Waals surface area contributed by atoms with E-state index >= 15 is 0 Å². The van der Waals surface area contributed by atoms with Gasteiger partial charge in [0.25, 0.3) is 0 Å². The second-order valence-corrected chi connectivity index (χ2v) is 5.81. The van der Waals surface area contributed by atoms with Crippen molar-refractivity contribution in [3.8, 4) is 0 Å². The van der Waals surface area contributed by atoms with E-state index in [1.165, 1.54) is 17.8 Å². The van der Waals surface area contributed by atoms with E-state index in [0.717, 1.165) is 19.6 Å². The van der Waals surface area contributed by atoms with Gasteiger partial charge >= 0.3 is 0 Å². The molecule has 0 aliphatic carbocycles. The van der Waals surface area contributed by atoms with Crippen LogP contribution in [-0.2, 0) is 4.79 Å². The van der Waals surface area contributed by atoms with Crippen LogP contribution in [0.15, 0.2) is 29.2 Å². The molecule has 1 aliphatic heterocycles. The molecule has 0 spiro atoms. The molecule has 1 atom stereocenters. The number of nitrogens with zero attached hydrogens (tertiary/aromatic N) is 1. The number of thioether (sulfide) groups is 1. The molecule has 2 rings (SSSR count). The lowest BCUT2D eigenvalue weighted by atomic mass is 10.2. The van der Waals surface area contributed by atoms with Crippen molar-refractivity contribution >= 4 is 17.7 Å². The number of halogens is 1. The third-order valence-electron chi connectivity index (χ3n) is 3.23. The van der Waals surface area contributed by atoms with Gasteiger partial charge in [-0.25, -0.2) is 4.39 Å². The number of hydrogen-bond acceptors (Lipinski definition) is 3. The van der Waals surface area contributed by atoms with Crippen LogP contribution < -0.4 is 5.32 Å². The molecule has 5 heteroatoms. The normalized spacial score (nSPS) is 19.5. The van der Waals surface area contributed by atoms with Crippen molar-refractivity contribution in [3.05, 3.63) is 30.1 Å². The molecular formula is C14H19FN2OS. The van der Waals surface area contributed by atoms with Crippen molar-refractivity contribution in [2.24, 2.45) is 0 Å². The molecule has 0 radical (unpaired) electrons. The molecule has 104 valence electrons. The standard InChI is InChI=1S/C14H19FN2OS/c1-11-10-16-7-8-17(11)14(18)6-9-19-13-5-3-2-4-12(13)15/h2-5,11,16H,6-10H2,1H3/t11-/m1/s1. The number of rotatable bonds is 4. The zero-order valence-corrected chi connectivity index (χ0v) is 11.9. The lowest BCUT2D eigenvalue weighted by Gasteiger charge is -2.34. The second-order valence-electron chi connectivity index (χ2n) is 4.67. The van der Waals surface area contributed by atoms with E-state index in [2.05, 4.69) is 5.32 Å². The molecule has 1 aromatic rings. The van der Waals surface area contributed by atoms with E-state index in [1.807, 2.05) is 17.9 Å². The lowest BCUT2D eigenvalue weighted by Crippen LogP contribution is -2.52. The minimum atomic E-state index is -0.213. The topological polar surface area (TPSA) is 32.3 Å². The Balaban J connectivity index is 1.79. The maximum atomic E-state index is 13.4. The van der Waals surface area contributed by atoms with Crippen LogP contribution in [0.2, 0.25) is 0 Å². The van der Waals surface area contributed by atoms with Gasteiger partial charge in [0.15, 0.2) is 0 Å². The van der Waals surface area contributed by atoms with Gasteiger partial charge in [-0.1, -0.05) is 12.1 Å². The van der Waals surface area contributed by atoms with Gasteiger partial charge in [0.05, 0.1) is 0 Å². The first-order valence-electron chi connectivity index (χ1n) is 6.56. The van der Waals surface area contributed by atoms with Crippen molar-refractivity contribution in [2.75, 3.05) is 25.4 Å². The summed E-state index contributed by atoms with van der Waals surface area (Å²) in [4.78, 5) is 14.6. The molecule has 1 aromatic carbocycles. The Labute approximate surface area is 117 Å². The summed E-state index contributed by atoms with van der Waals surface area (Å²) in [6, 6.07) is 6.93. The van der Waals surface area contributed by atoms with E-state index in [1.54, 1.807) is 12.1 Å². The van der Waals surface area contributed by atoms with Crippen LogP contribution in [0, 0.1) is 5.82 Å². The van der Waals surface area contributed by atoms with Crippen LogP contribution in [-0.4, -0.2) is 42.2 Å². The third kappa shape index (κ3) is 3.94. The zero-order chi connectivity index (χ0) is 13.7. The van der Waals surface area contributed by atoms with E-state index in [9.17, 15) is 9.18 Å². The molecular weight excluding hydrogens is 263 g/mol. The second kappa shape index (κ2) is 6.91.